The highest BCUT2D eigenvalue weighted by atomic mass is 127. The molecule has 2 heterocycles. The zero-order valence-corrected chi connectivity index (χ0v) is 20.9. The number of aromatic nitrogens is 2. The van der Waals surface area contributed by atoms with Crippen LogP contribution in [-0.4, -0.2) is 52.9 Å². The first-order chi connectivity index (χ1) is 14.1. The molecular formula is C23H37IN6. The van der Waals surface area contributed by atoms with Crippen molar-refractivity contribution in [3.8, 4) is 0 Å². The molecule has 0 bridgehead atoms. The van der Waals surface area contributed by atoms with Gasteiger partial charge in [0.25, 0.3) is 0 Å². The summed E-state index contributed by atoms with van der Waals surface area (Å²) in [6.07, 6.45) is 3.31. The standard InChI is InChI=1S/C23H36N6.HI/c1-4-24-23(25-13-8-14-29-20(3)17-19(2)27-29)26-22-11-15-28(16-12-22)18-21-9-6-5-7-10-21;/h5-7,9-10,17,22H,4,8,11-16,18H2,1-3H3,(H2,24,25,26);1H. The van der Waals surface area contributed by atoms with Crippen LogP contribution in [0, 0.1) is 13.8 Å². The Bertz CT molecular complexity index is 765. The second-order valence-electron chi connectivity index (χ2n) is 7.94. The zero-order chi connectivity index (χ0) is 20.5. The van der Waals surface area contributed by atoms with Crippen LogP contribution in [0.3, 0.4) is 0 Å². The summed E-state index contributed by atoms with van der Waals surface area (Å²) in [5.41, 5.74) is 3.70. The van der Waals surface area contributed by atoms with E-state index >= 15 is 0 Å². The second-order valence-corrected chi connectivity index (χ2v) is 7.94. The molecular weight excluding hydrogens is 487 g/mol. The summed E-state index contributed by atoms with van der Waals surface area (Å²) in [6.45, 7) is 12.2. The molecule has 0 atom stereocenters. The van der Waals surface area contributed by atoms with Crippen molar-refractivity contribution in [1.82, 2.24) is 25.3 Å². The van der Waals surface area contributed by atoms with Crippen molar-refractivity contribution in [1.29, 1.82) is 0 Å². The molecule has 1 saturated heterocycles. The molecule has 0 unspecified atom stereocenters. The van der Waals surface area contributed by atoms with E-state index in [0.29, 0.717) is 6.04 Å². The van der Waals surface area contributed by atoms with Crippen LogP contribution in [0.5, 0.6) is 0 Å². The van der Waals surface area contributed by atoms with Gasteiger partial charge in [0, 0.05) is 51.0 Å². The fraction of sp³-hybridized carbons (Fsp3) is 0.565. The smallest absolute Gasteiger partial charge is 0.191 e. The maximum atomic E-state index is 4.79. The summed E-state index contributed by atoms with van der Waals surface area (Å²) in [5, 5.41) is 11.6. The van der Waals surface area contributed by atoms with Gasteiger partial charge >= 0.3 is 0 Å². The molecule has 0 aliphatic carbocycles. The Morgan fingerprint density at radius 2 is 1.90 bits per heavy atom. The van der Waals surface area contributed by atoms with E-state index in [-0.39, 0.29) is 24.0 Å². The van der Waals surface area contributed by atoms with Gasteiger partial charge in [0.1, 0.15) is 0 Å². The summed E-state index contributed by atoms with van der Waals surface area (Å²) in [5.74, 6) is 0.947. The van der Waals surface area contributed by atoms with E-state index in [9.17, 15) is 0 Å². The minimum Gasteiger partial charge on any atom is -0.357 e. The number of aryl methyl sites for hydroxylation is 3. The zero-order valence-electron chi connectivity index (χ0n) is 18.6. The SMILES string of the molecule is CCNC(=NCCCn1nc(C)cc1C)NC1CCN(Cc2ccccc2)CC1.I. The maximum Gasteiger partial charge on any atom is 0.191 e. The Balaban J connectivity index is 0.00000320. The molecule has 1 aromatic heterocycles. The van der Waals surface area contributed by atoms with E-state index in [1.807, 2.05) is 6.92 Å². The van der Waals surface area contributed by atoms with Gasteiger partial charge in [-0.1, -0.05) is 30.3 Å². The van der Waals surface area contributed by atoms with Gasteiger partial charge in [-0.05, 0) is 51.7 Å². The van der Waals surface area contributed by atoms with Crippen LogP contribution in [0.1, 0.15) is 43.1 Å². The normalized spacial score (nSPS) is 15.6. The number of aliphatic imine (C=N–C) groups is 1. The van der Waals surface area contributed by atoms with Crippen LogP contribution in [0.15, 0.2) is 41.4 Å². The van der Waals surface area contributed by atoms with Gasteiger partial charge in [0.2, 0.25) is 0 Å². The third-order valence-electron chi connectivity index (χ3n) is 5.42. The van der Waals surface area contributed by atoms with E-state index in [4.69, 9.17) is 4.99 Å². The number of benzene rings is 1. The van der Waals surface area contributed by atoms with Crippen molar-refractivity contribution in [3.05, 3.63) is 53.3 Å². The molecule has 30 heavy (non-hydrogen) atoms. The van der Waals surface area contributed by atoms with Gasteiger partial charge in [-0.3, -0.25) is 14.6 Å². The highest BCUT2D eigenvalue weighted by Gasteiger charge is 2.20. The molecule has 3 rings (SSSR count). The first kappa shape index (κ1) is 24.7. The maximum absolute atomic E-state index is 4.79. The largest absolute Gasteiger partial charge is 0.357 e. The molecule has 0 spiro atoms. The lowest BCUT2D eigenvalue weighted by atomic mass is 10.0. The Morgan fingerprint density at radius 1 is 1.17 bits per heavy atom. The molecule has 0 amide bonds. The van der Waals surface area contributed by atoms with Gasteiger partial charge in [-0.25, -0.2) is 0 Å². The van der Waals surface area contributed by atoms with E-state index in [0.717, 1.165) is 70.2 Å². The summed E-state index contributed by atoms with van der Waals surface area (Å²) in [6, 6.07) is 13.4. The number of nitrogens with one attached hydrogen (secondary N) is 2. The van der Waals surface area contributed by atoms with Gasteiger partial charge in [0.05, 0.1) is 5.69 Å². The molecule has 6 nitrogen and oxygen atoms in total. The lowest BCUT2D eigenvalue weighted by Gasteiger charge is -2.33. The average molecular weight is 524 g/mol. The van der Waals surface area contributed by atoms with Crippen molar-refractivity contribution in [2.24, 2.45) is 4.99 Å². The summed E-state index contributed by atoms with van der Waals surface area (Å²) < 4.78 is 2.08. The van der Waals surface area contributed by atoms with Crippen LogP contribution in [0.2, 0.25) is 0 Å². The van der Waals surface area contributed by atoms with Gasteiger partial charge in [-0.2, -0.15) is 5.10 Å². The number of guanidine groups is 1. The minimum atomic E-state index is 0. The molecule has 1 aliphatic rings. The van der Waals surface area contributed by atoms with Crippen molar-refractivity contribution in [2.75, 3.05) is 26.2 Å². The van der Waals surface area contributed by atoms with E-state index in [1.54, 1.807) is 0 Å². The van der Waals surface area contributed by atoms with Crippen molar-refractivity contribution >= 4 is 29.9 Å². The molecule has 1 aromatic carbocycles. The fourth-order valence-corrected chi connectivity index (χ4v) is 3.90. The highest BCUT2D eigenvalue weighted by Crippen LogP contribution is 2.13. The molecule has 1 fully saturated rings. The lowest BCUT2D eigenvalue weighted by molar-refractivity contribution is 0.198. The number of nitrogens with zero attached hydrogens (tertiary/aromatic N) is 4. The summed E-state index contributed by atoms with van der Waals surface area (Å²) in [7, 11) is 0. The van der Waals surface area contributed by atoms with Crippen molar-refractivity contribution in [3.63, 3.8) is 0 Å². The van der Waals surface area contributed by atoms with Crippen LogP contribution in [-0.2, 0) is 13.1 Å². The molecule has 7 heteroatoms. The monoisotopic (exact) mass is 524 g/mol. The predicted molar refractivity (Wildman–Crippen MR) is 136 cm³/mol. The Kier molecular flexibility index (Phi) is 10.6. The van der Waals surface area contributed by atoms with Crippen LogP contribution in [0.4, 0.5) is 0 Å². The Morgan fingerprint density at radius 3 is 2.53 bits per heavy atom. The topological polar surface area (TPSA) is 57.5 Å². The lowest BCUT2D eigenvalue weighted by Crippen LogP contribution is -2.48. The van der Waals surface area contributed by atoms with Crippen molar-refractivity contribution in [2.45, 2.75) is 59.2 Å². The molecule has 2 N–H and O–H groups in total. The molecule has 0 saturated carbocycles. The van der Waals surface area contributed by atoms with E-state index in [1.165, 1.54) is 11.3 Å². The van der Waals surface area contributed by atoms with E-state index in [2.05, 4.69) is 75.6 Å². The second kappa shape index (κ2) is 12.9. The van der Waals surface area contributed by atoms with Gasteiger partial charge in [0.15, 0.2) is 5.96 Å². The quantitative estimate of drug-likeness (QED) is 0.239. The first-order valence-electron chi connectivity index (χ1n) is 11.0. The molecule has 1 aliphatic heterocycles. The number of hydrogen-bond donors (Lipinski definition) is 2. The summed E-state index contributed by atoms with van der Waals surface area (Å²) in [4.78, 5) is 7.33. The first-order valence-corrected chi connectivity index (χ1v) is 11.0. The van der Waals surface area contributed by atoms with Crippen LogP contribution < -0.4 is 10.6 Å². The Hall–Kier alpha value is -1.61. The minimum absolute atomic E-state index is 0. The number of piperidine rings is 1. The third kappa shape index (κ3) is 7.91. The number of hydrogen-bond acceptors (Lipinski definition) is 3. The molecule has 0 radical (unpaired) electrons. The number of halogens is 1. The van der Waals surface area contributed by atoms with Crippen molar-refractivity contribution < 1.29 is 0 Å². The molecule has 166 valence electrons. The third-order valence-corrected chi connectivity index (χ3v) is 5.42. The molecule has 2 aromatic rings. The number of rotatable bonds is 8. The Labute approximate surface area is 198 Å². The number of likely N-dealkylation sites (tertiary alicyclic amines) is 1. The highest BCUT2D eigenvalue weighted by molar-refractivity contribution is 14.0. The summed E-state index contributed by atoms with van der Waals surface area (Å²) >= 11 is 0. The van der Waals surface area contributed by atoms with Crippen LogP contribution in [0.25, 0.3) is 0 Å². The van der Waals surface area contributed by atoms with Gasteiger partial charge < -0.3 is 10.6 Å². The predicted octanol–water partition coefficient (Wildman–Crippen LogP) is 3.73. The van der Waals surface area contributed by atoms with E-state index < -0.39 is 0 Å². The average Bonchev–Trinajstić information content (AvgIpc) is 3.04. The van der Waals surface area contributed by atoms with Crippen LogP contribution >= 0.6 is 24.0 Å². The van der Waals surface area contributed by atoms with Gasteiger partial charge in [-0.15, -0.1) is 24.0 Å². The fourth-order valence-electron chi connectivity index (χ4n) is 3.90.